The SMILES string of the molecule is CCCOc1ccc(N=CC(=O)[NH+]([O-])c2ccccc2)cc1. The minimum atomic E-state index is -0.641. The van der Waals surface area contributed by atoms with Gasteiger partial charge in [-0.05, 0) is 42.8 Å². The molecule has 0 saturated heterocycles. The molecule has 2 aromatic carbocycles. The number of para-hydroxylation sites is 1. The molecule has 0 aromatic heterocycles. The van der Waals surface area contributed by atoms with E-state index in [2.05, 4.69) is 4.99 Å². The fourth-order valence-electron chi connectivity index (χ4n) is 1.77. The molecule has 5 heteroatoms. The number of rotatable bonds is 6. The molecular weight excluding hydrogens is 280 g/mol. The van der Waals surface area contributed by atoms with Crippen molar-refractivity contribution >= 4 is 23.5 Å². The molecule has 0 aliphatic heterocycles. The number of carbonyl (C=O) groups is 1. The van der Waals surface area contributed by atoms with Crippen molar-refractivity contribution in [2.24, 2.45) is 4.99 Å². The Labute approximate surface area is 129 Å². The first-order chi connectivity index (χ1) is 10.7. The first kappa shape index (κ1) is 15.9. The van der Waals surface area contributed by atoms with Gasteiger partial charge in [0.25, 0.3) is 0 Å². The summed E-state index contributed by atoms with van der Waals surface area (Å²) >= 11 is 0. The summed E-state index contributed by atoms with van der Waals surface area (Å²) in [6.45, 7) is 2.70. The molecule has 5 nitrogen and oxygen atoms in total. The lowest BCUT2D eigenvalue weighted by atomic mass is 10.3. The van der Waals surface area contributed by atoms with Gasteiger partial charge < -0.3 is 9.94 Å². The Kier molecular flexibility index (Phi) is 5.82. The summed E-state index contributed by atoms with van der Waals surface area (Å²) in [6, 6.07) is 15.5. The maximum absolute atomic E-state index is 11.9. The van der Waals surface area contributed by atoms with Gasteiger partial charge >= 0.3 is 5.91 Å². The summed E-state index contributed by atoms with van der Waals surface area (Å²) in [7, 11) is 0. The maximum atomic E-state index is 11.9. The molecule has 0 heterocycles. The monoisotopic (exact) mass is 298 g/mol. The van der Waals surface area contributed by atoms with Crippen molar-refractivity contribution in [3.05, 3.63) is 59.8 Å². The second-order valence-corrected chi connectivity index (χ2v) is 4.66. The third-order valence-corrected chi connectivity index (χ3v) is 2.90. The van der Waals surface area contributed by atoms with E-state index in [1.807, 2.05) is 6.92 Å². The molecule has 114 valence electrons. The number of hydrogen-bond acceptors (Lipinski definition) is 4. The summed E-state index contributed by atoms with van der Waals surface area (Å²) in [5.41, 5.74) is 0.959. The first-order valence-electron chi connectivity index (χ1n) is 7.11. The normalized spacial score (nSPS) is 12.3. The van der Waals surface area contributed by atoms with Crippen LogP contribution in [-0.2, 0) is 4.79 Å². The van der Waals surface area contributed by atoms with Gasteiger partial charge in [0.15, 0.2) is 0 Å². The van der Waals surface area contributed by atoms with Crippen molar-refractivity contribution in [3.63, 3.8) is 0 Å². The van der Waals surface area contributed by atoms with Gasteiger partial charge in [-0.1, -0.05) is 25.1 Å². The highest BCUT2D eigenvalue weighted by molar-refractivity contribution is 6.22. The number of aliphatic imine (C=N–C) groups is 1. The van der Waals surface area contributed by atoms with E-state index in [0.717, 1.165) is 18.4 Å². The molecular formula is C17H18N2O3. The average Bonchev–Trinajstić information content (AvgIpc) is 2.58. The smallest absolute Gasteiger partial charge is 0.360 e. The van der Waals surface area contributed by atoms with Crippen LogP contribution in [0.2, 0.25) is 0 Å². The van der Waals surface area contributed by atoms with E-state index in [-0.39, 0.29) is 0 Å². The highest BCUT2D eigenvalue weighted by atomic mass is 16.5. The van der Waals surface area contributed by atoms with Crippen LogP contribution in [0.25, 0.3) is 0 Å². The lowest BCUT2D eigenvalue weighted by Crippen LogP contribution is -3.05. The fraction of sp³-hybridized carbons (Fsp3) is 0.176. The summed E-state index contributed by atoms with van der Waals surface area (Å²) in [5, 5.41) is 11.3. The van der Waals surface area contributed by atoms with Crippen LogP contribution in [0.5, 0.6) is 5.75 Å². The van der Waals surface area contributed by atoms with Crippen molar-refractivity contribution in [1.29, 1.82) is 0 Å². The molecule has 0 radical (unpaired) electrons. The van der Waals surface area contributed by atoms with Crippen LogP contribution in [0, 0.1) is 5.21 Å². The molecule has 0 aliphatic rings. The van der Waals surface area contributed by atoms with Gasteiger partial charge in [0.2, 0.25) is 0 Å². The minimum Gasteiger partial charge on any atom is -0.621 e. The molecule has 1 N–H and O–H groups in total. The summed E-state index contributed by atoms with van der Waals surface area (Å²) in [4.78, 5) is 15.8. The second-order valence-electron chi connectivity index (χ2n) is 4.66. The Morgan fingerprint density at radius 3 is 2.50 bits per heavy atom. The zero-order chi connectivity index (χ0) is 15.8. The van der Waals surface area contributed by atoms with Crippen LogP contribution in [0.1, 0.15) is 13.3 Å². The van der Waals surface area contributed by atoms with Gasteiger partial charge in [-0.15, -0.1) is 0 Å². The molecule has 22 heavy (non-hydrogen) atoms. The van der Waals surface area contributed by atoms with Crippen LogP contribution in [0.4, 0.5) is 11.4 Å². The van der Waals surface area contributed by atoms with Crippen LogP contribution in [0.15, 0.2) is 59.6 Å². The van der Waals surface area contributed by atoms with E-state index >= 15 is 0 Å². The van der Waals surface area contributed by atoms with E-state index in [1.165, 1.54) is 0 Å². The van der Waals surface area contributed by atoms with E-state index in [0.29, 0.717) is 18.0 Å². The van der Waals surface area contributed by atoms with Crippen LogP contribution in [0.3, 0.4) is 0 Å². The topological polar surface area (TPSA) is 66.2 Å². The molecule has 1 unspecified atom stereocenters. The maximum Gasteiger partial charge on any atom is 0.360 e. The summed E-state index contributed by atoms with van der Waals surface area (Å²) in [5.74, 6) is 0.116. The number of hydrogen-bond donors (Lipinski definition) is 1. The molecule has 0 fully saturated rings. The number of benzene rings is 2. The van der Waals surface area contributed by atoms with Gasteiger partial charge in [0.1, 0.15) is 17.7 Å². The minimum absolute atomic E-state index is 0.363. The molecule has 2 rings (SSSR count). The first-order valence-corrected chi connectivity index (χ1v) is 7.11. The molecule has 0 spiro atoms. The zero-order valence-corrected chi connectivity index (χ0v) is 12.4. The summed E-state index contributed by atoms with van der Waals surface area (Å²) < 4.78 is 5.46. The Bertz CT molecular complexity index is 624. The Morgan fingerprint density at radius 2 is 1.86 bits per heavy atom. The van der Waals surface area contributed by atoms with Gasteiger partial charge in [0.05, 0.1) is 12.3 Å². The number of nitrogens with zero attached hydrogens (tertiary/aromatic N) is 1. The van der Waals surface area contributed by atoms with Crippen molar-refractivity contribution in [3.8, 4) is 5.75 Å². The predicted molar refractivity (Wildman–Crippen MR) is 85.8 cm³/mol. The average molecular weight is 298 g/mol. The standard InChI is InChI=1S/C17H18N2O3/c1-2-12-22-16-10-8-14(9-11-16)18-13-17(20)19(21)15-6-4-3-5-7-15/h3-11,13,19H,2,12H2,1H3. The Balaban J connectivity index is 1.97. The fourth-order valence-corrected chi connectivity index (χ4v) is 1.77. The van der Waals surface area contributed by atoms with E-state index in [4.69, 9.17) is 4.74 Å². The number of ether oxygens (including phenoxy) is 1. The number of quaternary nitrogens is 1. The summed E-state index contributed by atoms with van der Waals surface area (Å²) in [6.07, 6.45) is 1.99. The quantitative estimate of drug-likeness (QED) is 0.658. The number of carbonyl (C=O) groups excluding carboxylic acids is 1. The van der Waals surface area contributed by atoms with E-state index < -0.39 is 11.0 Å². The molecule has 0 saturated carbocycles. The van der Waals surface area contributed by atoms with Crippen LogP contribution < -0.4 is 9.80 Å². The molecule has 1 atom stereocenters. The highest BCUT2D eigenvalue weighted by Gasteiger charge is 2.10. The number of nitrogens with one attached hydrogen (secondary N) is 1. The molecule has 0 bridgehead atoms. The lowest BCUT2D eigenvalue weighted by molar-refractivity contribution is -0.683. The van der Waals surface area contributed by atoms with Crippen molar-refractivity contribution in [2.75, 3.05) is 6.61 Å². The lowest BCUT2D eigenvalue weighted by Gasteiger charge is -2.16. The van der Waals surface area contributed by atoms with Gasteiger partial charge in [-0.3, -0.25) is 5.06 Å². The third-order valence-electron chi connectivity index (χ3n) is 2.90. The highest BCUT2D eigenvalue weighted by Crippen LogP contribution is 2.17. The number of amides is 1. The molecule has 1 amide bonds. The van der Waals surface area contributed by atoms with Crippen molar-refractivity contribution in [1.82, 2.24) is 0 Å². The van der Waals surface area contributed by atoms with Crippen LogP contribution >= 0.6 is 0 Å². The van der Waals surface area contributed by atoms with Gasteiger partial charge in [-0.25, -0.2) is 9.79 Å². The Morgan fingerprint density at radius 1 is 1.18 bits per heavy atom. The van der Waals surface area contributed by atoms with Crippen molar-refractivity contribution < 1.29 is 14.6 Å². The number of hydroxylamine groups is 1. The third kappa shape index (κ3) is 4.51. The zero-order valence-electron chi connectivity index (χ0n) is 12.4. The van der Waals surface area contributed by atoms with Crippen LogP contribution in [-0.4, -0.2) is 18.7 Å². The predicted octanol–water partition coefficient (Wildman–Crippen LogP) is 2.42. The molecule has 0 aliphatic carbocycles. The van der Waals surface area contributed by atoms with E-state index in [1.54, 1.807) is 54.6 Å². The van der Waals surface area contributed by atoms with Gasteiger partial charge in [-0.2, -0.15) is 0 Å². The molecule has 2 aromatic rings. The Hall–Kier alpha value is -2.50. The van der Waals surface area contributed by atoms with E-state index in [9.17, 15) is 10.0 Å². The van der Waals surface area contributed by atoms with Gasteiger partial charge in [0, 0.05) is 0 Å². The largest absolute Gasteiger partial charge is 0.621 e. The second kappa shape index (κ2) is 8.07. The van der Waals surface area contributed by atoms with Crippen molar-refractivity contribution in [2.45, 2.75) is 13.3 Å².